The third-order valence-electron chi connectivity index (χ3n) is 10.1. The second kappa shape index (κ2) is 9.88. The lowest BCUT2D eigenvalue weighted by molar-refractivity contribution is 0.153. The van der Waals surface area contributed by atoms with Crippen LogP contribution < -0.4 is 9.64 Å². The number of hydrogen-bond donors (Lipinski definition) is 0. The van der Waals surface area contributed by atoms with Gasteiger partial charge in [0.1, 0.15) is 23.2 Å². The maximum Gasteiger partial charge on any atom is 0.174 e. The standard InChI is InChI=1S/C39H34F3NO/c1-38(2)34-23-28(42)13-17-31(34)35-30-16-12-27(41)22-33(30)37-32(36(35)38)18-19-39(44-37,24-6-10-26(40)11-7-24)25-8-14-29(15-9-25)43-20-4-3-5-21-43/h6,8-10,12-19,22-23H,3-5,7,11,20-21H2,1-2H3. The summed E-state index contributed by atoms with van der Waals surface area (Å²) in [6.07, 6.45) is 12.0. The van der Waals surface area contributed by atoms with Crippen molar-refractivity contribution in [2.75, 3.05) is 18.0 Å². The Hall–Kier alpha value is -4.25. The zero-order chi connectivity index (χ0) is 30.2. The second-order valence-corrected chi connectivity index (χ2v) is 13.1. The van der Waals surface area contributed by atoms with Crippen LogP contribution in [0.3, 0.4) is 0 Å². The number of piperidine rings is 1. The Morgan fingerprint density at radius 3 is 2.27 bits per heavy atom. The van der Waals surface area contributed by atoms with Crippen molar-refractivity contribution in [3.05, 3.63) is 124 Å². The minimum atomic E-state index is -1.00. The van der Waals surface area contributed by atoms with Gasteiger partial charge in [0, 0.05) is 47.1 Å². The van der Waals surface area contributed by atoms with E-state index in [4.69, 9.17) is 4.74 Å². The molecule has 0 aromatic heterocycles. The molecule has 0 radical (unpaired) electrons. The van der Waals surface area contributed by atoms with Gasteiger partial charge in [0.2, 0.25) is 0 Å². The quantitative estimate of drug-likeness (QED) is 0.236. The molecule has 1 atom stereocenters. The van der Waals surface area contributed by atoms with Crippen LogP contribution in [0.15, 0.2) is 90.3 Å². The molecule has 1 fully saturated rings. The van der Waals surface area contributed by atoms with E-state index in [9.17, 15) is 8.78 Å². The smallest absolute Gasteiger partial charge is 0.174 e. The average molecular weight is 590 g/mol. The number of halogens is 3. The van der Waals surface area contributed by atoms with Gasteiger partial charge in [-0.1, -0.05) is 50.3 Å². The number of nitrogens with zero attached hydrogens (tertiary/aromatic N) is 1. The second-order valence-electron chi connectivity index (χ2n) is 13.1. The van der Waals surface area contributed by atoms with Crippen molar-refractivity contribution >= 4 is 22.5 Å². The fraction of sp³-hybridized carbons (Fsp3) is 0.282. The van der Waals surface area contributed by atoms with E-state index in [0.29, 0.717) is 24.0 Å². The molecule has 2 aliphatic carbocycles. The highest BCUT2D eigenvalue weighted by Crippen LogP contribution is 2.58. The molecule has 1 saturated heterocycles. The highest BCUT2D eigenvalue weighted by molar-refractivity contribution is 6.08. The normalized spacial score (nSPS) is 21.7. The molecule has 4 aliphatic rings. The predicted octanol–water partition coefficient (Wildman–Crippen LogP) is 10.3. The lowest BCUT2D eigenvalue weighted by atomic mass is 9.75. The first-order chi connectivity index (χ1) is 21.3. The van der Waals surface area contributed by atoms with E-state index < -0.39 is 11.0 Å². The molecule has 5 heteroatoms. The van der Waals surface area contributed by atoms with E-state index in [1.165, 1.54) is 43.2 Å². The summed E-state index contributed by atoms with van der Waals surface area (Å²) in [6.45, 7) is 6.32. The van der Waals surface area contributed by atoms with Gasteiger partial charge in [0.15, 0.2) is 5.60 Å². The molecule has 4 aromatic rings. The van der Waals surface area contributed by atoms with Crippen LogP contribution in [0, 0.1) is 11.6 Å². The average Bonchev–Trinajstić information content (AvgIpc) is 3.27. The van der Waals surface area contributed by atoms with Gasteiger partial charge < -0.3 is 9.64 Å². The summed E-state index contributed by atoms with van der Waals surface area (Å²) in [4.78, 5) is 2.42. The van der Waals surface area contributed by atoms with Crippen LogP contribution in [-0.4, -0.2) is 13.1 Å². The first kappa shape index (κ1) is 27.3. The first-order valence-electron chi connectivity index (χ1n) is 15.7. The van der Waals surface area contributed by atoms with Crippen LogP contribution in [0.25, 0.3) is 28.0 Å². The molecule has 1 unspecified atom stereocenters. The van der Waals surface area contributed by atoms with Gasteiger partial charge in [-0.25, -0.2) is 13.2 Å². The summed E-state index contributed by atoms with van der Waals surface area (Å²) in [5.74, 6) is -0.190. The van der Waals surface area contributed by atoms with Crippen LogP contribution in [0.4, 0.5) is 18.9 Å². The van der Waals surface area contributed by atoms with Gasteiger partial charge in [-0.15, -0.1) is 0 Å². The summed E-state index contributed by atoms with van der Waals surface area (Å²) in [5.41, 5.74) is 6.33. The Morgan fingerprint density at radius 1 is 0.773 bits per heavy atom. The van der Waals surface area contributed by atoms with Gasteiger partial charge in [-0.05, 0) is 107 Å². The summed E-state index contributed by atoms with van der Waals surface area (Å²) in [5, 5.41) is 1.54. The van der Waals surface area contributed by atoms with E-state index in [1.54, 1.807) is 12.1 Å². The Labute approximate surface area is 256 Å². The van der Waals surface area contributed by atoms with Crippen LogP contribution in [0.2, 0.25) is 0 Å². The van der Waals surface area contributed by atoms with Crippen molar-refractivity contribution in [1.29, 1.82) is 0 Å². The zero-order valence-corrected chi connectivity index (χ0v) is 25.0. The van der Waals surface area contributed by atoms with Gasteiger partial charge in [0.05, 0.1) is 0 Å². The van der Waals surface area contributed by atoms with E-state index in [0.717, 1.165) is 57.4 Å². The number of fused-ring (bicyclic) bond motifs is 8. The lowest BCUT2D eigenvalue weighted by Crippen LogP contribution is -2.36. The zero-order valence-electron chi connectivity index (χ0n) is 25.0. The van der Waals surface area contributed by atoms with E-state index in [1.807, 2.05) is 18.2 Å². The van der Waals surface area contributed by atoms with Gasteiger partial charge >= 0.3 is 0 Å². The van der Waals surface area contributed by atoms with Crippen LogP contribution in [0.1, 0.15) is 68.2 Å². The number of hydrogen-bond acceptors (Lipinski definition) is 2. The number of anilines is 1. The summed E-state index contributed by atoms with van der Waals surface area (Å²) in [7, 11) is 0. The van der Waals surface area contributed by atoms with Crippen LogP contribution in [0.5, 0.6) is 5.75 Å². The fourth-order valence-corrected chi connectivity index (χ4v) is 7.94. The van der Waals surface area contributed by atoms with E-state index in [2.05, 4.69) is 55.2 Å². The maximum absolute atomic E-state index is 15.0. The van der Waals surface area contributed by atoms with Crippen molar-refractivity contribution in [1.82, 2.24) is 0 Å². The number of rotatable bonds is 3. The van der Waals surface area contributed by atoms with Crippen molar-refractivity contribution in [2.24, 2.45) is 0 Å². The largest absolute Gasteiger partial charge is 0.473 e. The molecule has 222 valence electrons. The summed E-state index contributed by atoms with van der Waals surface area (Å²) in [6, 6.07) is 18.3. The Balaban J connectivity index is 1.35. The molecule has 44 heavy (non-hydrogen) atoms. The predicted molar refractivity (Wildman–Crippen MR) is 172 cm³/mol. The molecule has 0 saturated carbocycles. The molecular weight excluding hydrogens is 555 g/mol. The number of benzene rings is 4. The molecule has 8 rings (SSSR count). The molecule has 4 aromatic carbocycles. The van der Waals surface area contributed by atoms with E-state index >= 15 is 4.39 Å². The fourth-order valence-electron chi connectivity index (χ4n) is 7.94. The number of allylic oxidation sites excluding steroid dienone is 3. The van der Waals surface area contributed by atoms with Crippen LogP contribution >= 0.6 is 0 Å². The molecule has 2 nitrogen and oxygen atoms in total. The maximum atomic E-state index is 15.0. The van der Waals surface area contributed by atoms with Crippen molar-refractivity contribution in [3.8, 4) is 16.9 Å². The molecule has 0 bridgehead atoms. The topological polar surface area (TPSA) is 12.5 Å². The third kappa shape index (κ3) is 4.01. The highest BCUT2D eigenvalue weighted by atomic mass is 19.1. The Morgan fingerprint density at radius 2 is 1.52 bits per heavy atom. The van der Waals surface area contributed by atoms with Crippen LogP contribution in [-0.2, 0) is 11.0 Å². The van der Waals surface area contributed by atoms with Crippen molar-refractivity contribution in [3.63, 3.8) is 0 Å². The lowest BCUT2D eigenvalue weighted by Gasteiger charge is -2.40. The summed E-state index contributed by atoms with van der Waals surface area (Å²) < 4.78 is 51.1. The SMILES string of the molecule is CC1(C)c2cc(F)ccc2-c2c1c1c(c3cc(F)ccc23)OC(C2=CC=C(F)CC2)(c2ccc(N3CCCCC3)cc2)C=C1. The monoisotopic (exact) mass is 589 g/mol. The van der Waals surface area contributed by atoms with Crippen molar-refractivity contribution < 1.29 is 17.9 Å². The Bertz CT molecular complexity index is 1930. The van der Waals surface area contributed by atoms with Gasteiger partial charge in [-0.2, -0.15) is 0 Å². The molecule has 2 heterocycles. The molecule has 0 amide bonds. The van der Waals surface area contributed by atoms with Gasteiger partial charge in [0.25, 0.3) is 0 Å². The minimum absolute atomic E-state index is 0.151. The van der Waals surface area contributed by atoms with E-state index in [-0.39, 0.29) is 17.5 Å². The highest BCUT2D eigenvalue weighted by Gasteiger charge is 2.45. The Kier molecular flexibility index (Phi) is 6.13. The third-order valence-corrected chi connectivity index (χ3v) is 10.1. The molecule has 0 spiro atoms. The number of ether oxygens (including phenoxy) is 1. The minimum Gasteiger partial charge on any atom is -0.473 e. The van der Waals surface area contributed by atoms with Gasteiger partial charge in [-0.3, -0.25) is 0 Å². The van der Waals surface area contributed by atoms with Crippen molar-refractivity contribution in [2.45, 2.75) is 57.0 Å². The molecular formula is C39H34F3NO. The molecule has 0 N–H and O–H groups in total. The molecule has 2 aliphatic heterocycles. The summed E-state index contributed by atoms with van der Waals surface area (Å²) >= 11 is 0. The first-order valence-corrected chi connectivity index (χ1v) is 15.7.